The van der Waals surface area contributed by atoms with E-state index in [0.29, 0.717) is 21.7 Å². The van der Waals surface area contributed by atoms with Gasteiger partial charge in [-0.15, -0.1) is 11.3 Å². The van der Waals surface area contributed by atoms with Crippen molar-refractivity contribution in [1.82, 2.24) is 24.8 Å². The van der Waals surface area contributed by atoms with Gasteiger partial charge in [-0.1, -0.05) is 6.07 Å². The van der Waals surface area contributed by atoms with Crippen molar-refractivity contribution in [1.29, 1.82) is 5.26 Å². The van der Waals surface area contributed by atoms with E-state index in [4.69, 9.17) is 0 Å². The van der Waals surface area contributed by atoms with Gasteiger partial charge in [0.2, 0.25) is 5.91 Å². The van der Waals surface area contributed by atoms with E-state index in [1.165, 1.54) is 6.33 Å². The average Bonchev–Trinajstić information content (AvgIpc) is 3.52. The number of fused-ring (bicyclic) bond motifs is 2. The molecule has 0 radical (unpaired) electrons. The van der Waals surface area contributed by atoms with Crippen LogP contribution >= 0.6 is 11.3 Å². The quantitative estimate of drug-likeness (QED) is 0.312. The highest BCUT2D eigenvalue weighted by atomic mass is 32.1. The van der Waals surface area contributed by atoms with Gasteiger partial charge in [0.1, 0.15) is 35.3 Å². The molecule has 8 nitrogen and oxygen atoms in total. The van der Waals surface area contributed by atoms with Gasteiger partial charge in [0.25, 0.3) is 0 Å². The highest BCUT2D eigenvalue weighted by Gasteiger charge is 2.29. The van der Waals surface area contributed by atoms with E-state index in [1.807, 2.05) is 12.1 Å². The summed E-state index contributed by atoms with van der Waals surface area (Å²) in [6.07, 6.45) is -0.0369. The zero-order valence-corrected chi connectivity index (χ0v) is 22.5. The average molecular weight is 568 g/mol. The number of carbonyl (C=O) groups is 1. The number of aromatic nitrogens is 3. The van der Waals surface area contributed by atoms with Gasteiger partial charge in [-0.25, -0.2) is 9.97 Å². The summed E-state index contributed by atoms with van der Waals surface area (Å²) in [7, 11) is 0. The number of thiophene rings is 1. The summed E-state index contributed by atoms with van der Waals surface area (Å²) in [6.45, 7) is 2.62. The molecule has 4 heterocycles. The van der Waals surface area contributed by atoms with Crippen LogP contribution in [0.5, 0.6) is 0 Å². The fourth-order valence-electron chi connectivity index (χ4n) is 5.32. The molecule has 208 valence electrons. The molecule has 1 amide bonds. The monoisotopic (exact) mass is 567 g/mol. The summed E-state index contributed by atoms with van der Waals surface area (Å²) >= 11 is 1.06. The number of nitriles is 1. The van der Waals surface area contributed by atoms with Gasteiger partial charge in [-0.05, 0) is 55.5 Å². The second-order valence-corrected chi connectivity index (χ2v) is 11.7. The molecule has 0 bridgehead atoms. The molecular formula is C28H28F3N7OS. The lowest BCUT2D eigenvalue weighted by Crippen LogP contribution is -2.38. The van der Waals surface area contributed by atoms with Crippen LogP contribution in [-0.2, 0) is 24.3 Å². The second kappa shape index (κ2) is 10.7. The Labute approximate surface area is 232 Å². The number of benzene rings is 1. The lowest BCUT2D eigenvalue weighted by Gasteiger charge is -2.32. The number of nitrogens with one attached hydrogen (secondary N) is 2. The molecular weight excluding hydrogens is 539 g/mol. The molecule has 40 heavy (non-hydrogen) atoms. The van der Waals surface area contributed by atoms with Crippen LogP contribution in [0, 0.1) is 11.3 Å². The molecule has 0 spiro atoms. The Morgan fingerprint density at radius 2 is 1.90 bits per heavy atom. The number of hydrogen-bond donors (Lipinski definition) is 2. The molecule has 12 heteroatoms. The second-order valence-electron chi connectivity index (χ2n) is 10.6. The Hall–Kier alpha value is -3.69. The first kappa shape index (κ1) is 26.5. The van der Waals surface area contributed by atoms with Crippen LogP contribution in [0.3, 0.4) is 0 Å². The van der Waals surface area contributed by atoms with Crippen molar-refractivity contribution in [2.45, 2.75) is 63.5 Å². The van der Waals surface area contributed by atoms with E-state index in [0.717, 1.165) is 73.1 Å². The minimum atomic E-state index is -4.26. The number of anilines is 1. The van der Waals surface area contributed by atoms with Gasteiger partial charge < -0.3 is 15.2 Å². The van der Waals surface area contributed by atoms with Crippen molar-refractivity contribution >= 4 is 44.2 Å². The molecule has 2 fully saturated rings. The Bertz CT molecular complexity index is 1590. The number of piperidine rings is 1. The van der Waals surface area contributed by atoms with E-state index in [1.54, 1.807) is 10.6 Å². The summed E-state index contributed by atoms with van der Waals surface area (Å²) in [6, 6.07) is 12.2. The molecule has 2 N–H and O–H groups in total. The van der Waals surface area contributed by atoms with E-state index in [9.17, 15) is 23.2 Å². The third kappa shape index (κ3) is 6.05. The number of nitrogens with zero attached hydrogens (tertiary/aromatic N) is 5. The summed E-state index contributed by atoms with van der Waals surface area (Å²) in [5.74, 6) is 0.516. The van der Waals surface area contributed by atoms with E-state index in [2.05, 4.69) is 43.7 Å². The van der Waals surface area contributed by atoms with E-state index >= 15 is 0 Å². The molecule has 4 aromatic rings. The molecule has 1 aliphatic heterocycles. The fraction of sp³-hybridized carbons (Fsp3) is 0.429. The Morgan fingerprint density at radius 3 is 2.62 bits per heavy atom. The molecule has 0 atom stereocenters. The molecule has 1 saturated carbocycles. The highest BCUT2D eigenvalue weighted by Crippen LogP contribution is 2.33. The topological polar surface area (TPSA) is 98.9 Å². The van der Waals surface area contributed by atoms with Crippen molar-refractivity contribution in [2.24, 2.45) is 0 Å². The van der Waals surface area contributed by atoms with Crippen molar-refractivity contribution < 1.29 is 18.0 Å². The number of rotatable bonds is 8. The number of likely N-dealkylation sites (tertiary alicyclic amines) is 1. The van der Waals surface area contributed by atoms with E-state index in [-0.39, 0.29) is 29.4 Å². The maximum Gasteiger partial charge on any atom is 0.393 e. The highest BCUT2D eigenvalue weighted by molar-refractivity contribution is 7.18. The third-order valence-electron chi connectivity index (χ3n) is 7.41. The predicted octanol–water partition coefficient (Wildman–Crippen LogP) is 4.98. The normalized spacial score (nSPS) is 16.9. The summed E-state index contributed by atoms with van der Waals surface area (Å²) in [5, 5.41) is 17.6. The van der Waals surface area contributed by atoms with Crippen LogP contribution in [-0.4, -0.2) is 56.7 Å². The standard InChI is InChI=1S/C28H28F3N7OS/c29-28(30,31)12-22-11-23-26(33-16-34-27(23)40-22)36-20-5-7-37(8-6-20)14-17-1-4-24-18(9-17)10-21(13-32)38(24)15-25(39)35-19-2-3-19/h1,4,9-11,16,19-20H,2-3,5-8,12,14-15H2,(H,35,39)(H,33,34,36). The van der Waals surface area contributed by atoms with Crippen LogP contribution in [0.25, 0.3) is 21.1 Å². The first-order valence-electron chi connectivity index (χ1n) is 13.3. The number of carbonyl (C=O) groups excluding carboxylic acids is 1. The van der Waals surface area contributed by atoms with Gasteiger partial charge in [-0.3, -0.25) is 9.69 Å². The van der Waals surface area contributed by atoms with Gasteiger partial charge in [0.15, 0.2) is 0 Å². The number of hydrogen-bond acceptors (Lipinski definition) is 7. The number of alkyl halides is 3. The van der Waals surface area contributed by atoms with Crippen molar-refractivity contribution in [3.05, 3.63) is 52.8 Å². The molecule has 1 aromatic carbocycles. The maximum absolute atomic E-state index is 12.9. The van der Waals surface area contributed by atoms with Crippen molar-refractivity contribution in [2.75, 3.05) is 18.4 Å². The minimum absolute atomic E-state index is 0.0690. The molecule has 1 saturated heterocycles. The van der Waals surface area contributed by atoms with Crippen LogP contribution < -0.4 is 10.6 Å². The van der Waals surface area contributed by atoms with Gasteiger partial charge >= 0.3 is 6.18 Å². The molecule has 6 rings (SSSR count). The van der Waals surface area contributed by atoms with Crippen LogP contribution in [0.1, 0.15) is 41.8 Å². The Balaban J connectivity index is 1.07. The predicted molar refractivity (Wildman–Crippen MR) is 147 cm³/mol. The van der Waals surface area contributed by atoms with Gasteiger partial charge in [-0.2, -0.15) is 18.4 Å². The Morgan fingerprint density at radius 1 is 1.10 bits per heavy atom. The summed E-state index contributed by atoms with van der Waals surface area (Å²) in [4.78, 5) is 24.0. The first-order chi connectivity index (χ1) is 19.2. The van der Waals surface area contributed by atoms with Crippen LogP contribution in [0.2, 0.25) is 0 Å². The molecule has 2 aliphatic rings. The largest absolute Gasteiger partial charge is 0.393 e. The van der Waals surface area contributed by atoms with Crippen LogP contribution in [0.4, 0.5) is 19.0 Å². The van der Waals surface area contributed by atoms with Crippen molar-refractivity contribution in [3.8, 4) is 6.07 Å². The maximum atomic E-state index is 12.9. The van der Waals surface area contributed by atoms with E-state index < -0.39 is 12.6 Å². The number of halogens is 3. The molecule has 0 unspecified atom stereocenters. The molecule has 1 aliphatic carbocycles. The lowest BCUT2D eigenvalue weighted by atomic mass is 10.0. The SMILES string of the molecule is N#Cc1cc2cc(CN3CCC(Nc4ncnc5sc(CC(F)(F)F)cc45)CC3)ccc2n1CC(=O)NC1CC1. The lowest BCUT2D eigenvalue weighted by molar-refractivity contribution is -0.126. The first-order valence-corrected chi connectivity index (χ1v) is 14.2. The minimum Gasteiger partial charge on any atom is -0.367 e. The zero-order chi connectivity index (χ0) is 27.9. The summed E-state index contributed by atoms with van der Waals surface area (Å²) in [5.41, 5.74) is 2.48. The zero-order valence-electron chi connectivity index (χ0n) is 21.7. The smallest absolute Gasteiger partial charge is 0.367 e. The third-order valence-corrected chi connectivity index (χ3v) is 8.46. The van der Waals surface area contributed by atoms with Gasteiger partial charge in [0.05, 0.1) is 11.8 Å². The fourth-order valence-corrected chi connectivity index (χ4v) is 6.34. The summed E-state index contributed by atoms with van der Waals surface area (Å²) < 4.78 is 40.3. The Kier molecular flexibility index (Phi) is 7.10. The van der Waals surface area contributed by atoms with Crippen molar-refractivity contribution in [3.63, 3.8) is 0 Å². The van der Waals surface area contributed by atoms with Gasteiger partial charge in [0, 0.05) is 47.5 Å². The van der Waals surface area contributed by atoms with Crippen LogP contribution in [0.15, 0.2) is 36.7 Å². The number of amides is 1. The molecule has 3 aromatic heterocycles.